The molecule has 0 unspecified atom stereocenters. The van der Waals surface area contributed by atoms with E-state index in [2.05, 4.69) is 22.4 Å². The van der Waals surface area contributed by atoms with E-state index in [9.17, 15) is 9.59 Å². The van der Waals surface area contributed by atoms with Crippen molar-refractivity contribution in [2.45, 2.75) is 25.0 Å². The molecule has 0 aliphatic heterocycles. The molecule has 0 atom stereocenters. The second kappa shape index (κ2) is 9.57. The molecule has 0 bridgehead atoms. The van der Waals surface area contributed by atoms with Gasteiger partial charge in [0.05, 0.1) is 0 Å². The SMILES string of the molecule is Cc1cc(=O)n(CC(=O)Nc2ccc(Cl)cc2)c(SCCc2ccccc2)n1. The molecule has 0 spiro atoms. The summed E-state index contributed by atoms with van der Waals surface area (Å²) < 4.78 is 1.41. The van der Waals surface area contributed by atoms with Crippen LogP contribution in [0.4, 0.5) is 5.69 Å². The number of carbonyl (C=O) groups is 1. The van der Waals surface area contributed by atoms with Crippen LogP contribution in [-0.2, 0) is 17.8 Å². The van der Waals surface area contributed by atoms with Crippen LogP contribution in [0.2, 0.25) is 5.02 Å². The van der Waals surface area contributed by atoms with Crippen molar-refractivity contribution in [3.8, 4) is 0 Å². The predicted molar refractivity (Wildman–Crippen MR) is 114 cm³/mol. The van der Waals surface area contributed by atoms with Gasteiger partial charge in [0, 0.05) is 28.2 Å². The number of amides is 1. The largest absolute Gasteiger partial charge is 0.325 e. The summed E-state index contributed by atoms with van der Waals surface area (Å²) in [4.78, 5) is 29.3. The summed E-state index contributed by atoms with van der Waals surface area (Å²) in [5, 5.41) is 3.91. The molecule has 1 amide bonds. The maximum Gasteiger partial charge on any atom is 0.254 e. The summed E-state index contributed by atoms with van der Waals surface area (Å²) in [6, 6.07) is 18.4. The topological polar surface area (TPSA) is 64.0 Å². The summed E-state index contributed by atoms with van der Waals surface area (Å²) in [5.41, 5.74) is 2.25. The lowest BCUT2D eigenvalue weighted by Gasteiger charge is -2.12. The van der Waals surface area contributed by atoms with Gasteiger partial charge in [0.1, 0.15) is 6.54 Å². The minimum absolute atomic E-state index is 0.0948. The number of hydrogen-bond acceptors (Lipinski definition) is 4. The number of aromatic nitrogens is 2. The van der Waals surface area contributed by atoms with Crippen LogP contribution in [-0.4, -0.2) is 21.2 Å². The third-order valence-electron chi connectivity index (χ3n) is 4.00. The van der Waals surface area contributed by atoms with E-state index >= 15 is 0 Å². The molecule has 28 heavy (non-hydrogen) atoms. The molecule has 1 aromatic heterocycles. The number of anilines is 1. The highest BCUT2D eigenvalue weighted by molar-refractivity contribution is 7.99. The van der Waals surface area contributed by atoms with E-state index < -0.39 is 0 Å². The normalized spacial score (nSPS) is 10.6. The van der Waals surface area contributed by atoms with E-state index in [1.165, 1.54) is 28.0 Å². The van der Waals surface area contributed by atoms with Gasteiger partial charge >= 0.3 is 0 Å². The van der Waals surface area contributed by atoms with E-state index in [4.69, 9.17) is 11.6 Å². The molecular formula is C21H20ClN3O2S. The maximum atomic E-state index is 12.4. The molecule has 0 fully saturated rings. The smallest absolute Gasteiger partial charge is 0.254 e. The van der Waals surface area contributed by atoms with Crippen LogP contribution in [0.3, 0.4) is 0 Å². The molecule has 2 aromatic carbocycles. The predicted octanol–water partition coefficient (Wildman–Crippen LogP) is 4.18. The molecule has 0 radical (unpaired) electrons. The summed E-state index contributed by atoms with van der Waals surface area (Å²) in [7, 11) is 0. The third kappa shape index (κ3) is 5.71. The van der Waals surface area contributed by atoms with E-state index in [0.717, 1.165) is 12.2 Å². The Kier molecular flexibility index (Phi) is 6.90. The fourth-order valence-corrected chi connectivity index (χ4v) is 3.80. The Balaban J connectivity index is 1.69. The highest BCUT2D eigenvalue weighted by Crippen LogP contribution is 2.17. The Morgan fingerprint density at radius 2 is 1.86 bits per heavy atom. The first-order chi connectivity index (χ1) is 13.5. The van der Waals surface area contributed by atoms with Crippen LogP contribution in [0.1, 0.15) is 11.3 Å². The molecular weight excluding hydrogens is 394 g/mol. The van der Waals surface area contributed by atoms with Crippen LogP contribution < -0.4 is 10.9 Å². The van der Waals surface area contributed by atoms with Crippen LogP contribution >= 0.6 is 23.4 Å². The van der Waals surface area contributed by atoms with Crippen molar-refractivity contribution in [2.24, 2.45) is 0 Å². The van der Waals surface area contributed by atoms with Gasteiger partial charge in [-0.1, -0.05) is 53.7 Å². The summed E-state index contributed by atoms with van der Waals surface area (Å²) in [5.74, 6) is 0.471. The molecule has 0 saturated carbocycles. The van der Waals surface area contributed by atoms with Crippen molar-refractivity contribution < 1.29 is 4.79 Å². The van der Waals surface area contributed by atoms with Crippen LogP contribution in [0.5, 0.6) is 0 Å². The van der Waals surface area contributed by atoms with Gasteiger partial charge in [-0.25, -0.2) is 4.98 Å². The maximum absolute atomic E-state index is 12.4. The van der Waals surface area contributed by atoms with Crippen molar-refractivity contribution in [3.05, 3.63) is 87.3 Å². The molecule has 0 saturated heterocycles. The quantitative estimate of drug-likeness (QED) is 0.466. The van der Waals surface area contributed by atoms with Crippen molar-refractivity contribution >= 4 is 35.0 Å². The summed E-state index contributed by atoms with van der Waals surface area (Å²) in [6.07, 6.45) is 0.853. The molecule has 1 N–H and O–H groups in total. The van der Waals surface area contributed by atoms with Gasteiger partial charge in [-0.15, -0.1) is 0 Å². The first kappa shape index (κ1) is 20.2. The van der Waals surface area contributed by atoms with Gasteiger partial charge in [-0.3, -0.25) is 14.2 Å². The summed E-state index contributed by atoms with van der Waals surface area (Å²) in [6.45, 7) is 1.68. The van der Waals surface area contributed by atoms with Gasteiger partial charge in [-0.2, -0.15) is 0 Å². The van der Waals surface area contributed by atoms with E-state index in [1.54, 1.807) is 31.2 Å². The van der Waals surface area contributed by atoms with Gasteiger partial charge in [0.25, 0.3) is 5.56 Å². The van der Waals surface area contributed by atoms with Gasteiger partial charge in [-0.05, 0) is 43.2 Å². The van der Waals surface area contributed by atoms with Crippen molar-refractivity contribution in [3.63, 3.8) is 0 Å². The average molecular weight is 414 g/mol. The lowest BCUT2D eigenvalue weighted by atomic mass is 10.2. The van der Waals surface area contributed by atoms with Crippen LogP contribution in [0, 0.1) is 6.92 Å². The second-order valence-corrected chi connectivity index (χ2v) is 7.74. The number of nitrogens with one attached hydrogen (secondary N) is 1. The van der Waals surface area contributed by atoms with Crippen LogP contribution in [0.15, 0.2) is 70.6 Å². The number of thioether (sulfide) groups is 1. The highest BCUT2D eigenvalue weighted by atomic mass is 35.5. The number of hydrogen-bond donors (Lipinski definition) is 1. The Morgan fingerprint density at radius 1 is 1.14 bits per heavy atom. The number of benzene rings is 2. The van der Waals surface area contributed by atoms with E-state index in [1.807, 2.05) is 18.2 Å². The van der Waals surface area contributed by atoms with E-state index in [-0.39, 0.29) is 18.0 Å². The monoisotopic (exact) mass is 413 g/mol. The van der Waals surface area contributed by atoms with Gasteiger partial charge in [0.15, 0.2) is 5.16 Å². The Morgan fingerprint density at radius 3 is 2.57 bits per heavy atom. The second-order valence-electron chi connectivity index (χ2n) is 6.24. The fourth-order valence-electron chi connectivity index (χ4n) is 2.63. The summed E-state index contributed by atoms with van der Waals surface area (Å²) >= 11 is 7.33. The average Bonchev–Trinajstić information content (AvgIpc) is 2.67. The molecule has 0 aliphatic carbocycles. The standard InChI is InChI=1S/C21H20ClN3O2S/c1-15-13-20(27)25(14-19(26)24-18-9-7-17(22)8-10-18)21(23-15)28-12-11-16-5-3-2-4-6-16/h2-10,13H,11-12,14H2,1H3,(H,24,26). The highest BCUT2D eigenvalue weighted by Gasteiger charge is 2.12. The molecule has 144 valence electrons. The molecule has 7 heteroatoms. The van der Waals surface area contributed by atoms with Gasteiger partial charge in [0.2, 0.25) is 5.91 Å². The van der Waals surface area contributed by atoms with E-state index in [0.29, 0.717) is 21.6 Å². The van der Waals surface area contributed by atoms with Crippen molar-refractivity contribution in [1.29, 1.82) is 0 Å². The van der Waals surface area contributed by atoms with Crippen molar-refractivity contribution in [2.75, 3.05) is 11.1 Å². The first-order valence-electron chi connectivity index (χ1n) is 8.82. The minimum Gasteiger partial charge on any atom is -0.325 e. The number of carbonyl (C=O) groups excluding carboxylic acids is 1. The zero-order chi connectivity index (χ0) is 19.9. The van der Waals surface area contributed by atoms with Crippen LogP contribution in [0.25, 0.3) is 0 Å². The molecule has 0 aliphatic rings. The van der Waals surface area contributed by atoms with Crippen molar-refractivity contribution in [1.82, 2.24) is 9.55 Å². The lowest BCUT2D eigenvalue weighted by molar-refractivity contribution is -0.116. The number of rotatable bonds is 7. The molecule has 3 aromatic rings. The Labute approximate surface area is 172 Å². The fraction of sp³-hybridized carbons (Fsp3) is 0.190. The number of halogens is 1. The third-order valence-corrected chi connectivity index (χ3v) is 5.23. The minimum atomic E-state index is -0.292. The first-order valence-corrected chi connectivity index (χ1v) is 10.2. The number of nitrogens with zero attached hydrogens (tertiary/aromatic N) is 2. The zero-order valence-electron chi connectivity index (χ0n) is 15.4. The molecule has 1 heterocycles. The number of aryl methyl sites for hydroxylation is 2. The zero-order valence-corrected chi connectivity index (χ0v) is 17.0. The molecule has 5 nitrogen and oxygen atoms in total. The Hall–Kier alpha value is -2.57. The Bertz CT molecular complexity index is 1000. The lowest BCUT2D eigenvalue weighted by Crippen LogP contribution is -2.29. The van der Waals surface area contributed by atoms with Gasteiger partial charge < -0.3 is 5.32 Å². The molecule has 3 rings (SSSR count).